The first-order chi connectivity index (χ1) is 7.74. The second-order valence-electron chi connectivity index (χ2n) is 2.98. The lowest BCUT2D eigenvalue weighted by Gasteiger charge is -1.94. The largest absolute Gasteiger partial charge is 0.227 e. The zero-order valence-corrected chi connectivity index (χ0v) is 9.65. The Morgan fingerprint density at radius 3 is 2.06 bits per heavy atom. The molecule has 0 spiro atoms. The number of hydrogen-bond donors (Lipinski definition) is 0. The van der Waals surface area contributed by atoms with Gasteiger partial charge in [-0.15, -0.1) is 0 Å². The van der Waals surface area contributed by atoms with Crippen molar-refractivity contribution in [2.45, 2.75) is 0 Å². The Kier molecular flexibility index (Phi) is 3.49. The average Bonchev–Trinajstić information content (AvgIpc) is 2.27. The molecule has 16 heavy (non-hydrogen) atoms. The maximum Gasteiger partial charge on any atom is 0.227 e. The second-order valence-corrected chi connectivity index (χ2v) is 3.65. The van der Waals surface area contributed by atoms with Crippen molar-refractivity contribution in [3.8, 4) is 0 Å². The van der Waals surface area contributed by atoms with Gasteiger partial charge in [0.05, 0.1) is 0 Å². The molecule has 0 saturated heterocycles. The topological polar surface area (TPSA) is 38.7 Å². The van der Waals surface area contributed by atoms with Crippen LogP contribution in [0.15, 0.2) is 30.3 Å². The van der Waals surface area contributed by atoms with Gasteiger partial charge in [-0.2, -0.15) is 15.0 Å². The summed E-state index contributed by atoms with van der Waals surface area (Å²) in [6.45, 7) is 0. The smallest absolute Gasteiger partial charge is 0.198 e. The molecular formula is C11H7Cl2N3. The zero-order chi connectivity index (χ0) is 11.4. The van der Waals surface area contributed by atoms with Crippen LogP contribution in [0.3, 0.4) is 0 Å². The first kappa shape index (κ1) is 11.0. The lowest BCUT2D eigenvalue weighted by Crippen LogP contribution is -1.92. The van der Waals surface area contributed by atoms with Gasteiger partial charge in [-0.05, 0) is 34.8 Å². The van der Waals surface area contributed by atoms with Gasteiger partial charge in [0.15, 0.2) is 5.82 Å². The van der Waals surface area contributed by atoms with Crippen molar-refractivity contribution >= 4 is 35.4 Å². The van der Waals surface area contributed by atoms with Crippen LogP contribution in [0, 0.1) is 0 Å². The molecule has 0 bridgehead atoms. The number of nitrogens with zero attached hydrogens (tertiary/aromatic N) is 3. The highest BCUT2D eigenvalue weighted by molar-refractivity contribution is 6.31. The molecule has 1 heterocycles. The van der Waals surface area contributed by atoms with E-state index in [0.717, 1.165) is 5.56 Å². The molecule has 0 aliphatic heterocycles. The Morgan fingerprint density at radius 1 is 0.812 bits per heavy atom. The van der Waals surface area contributed by atoms with E-state index in [0.29, 0.717) is 5.82 Å². The van der Waals surface area contributed by atoms with E-state index in [9.17, 15) is 0 Å². The Morgan fingerprint density at radius 2 is 1.44 bits per heavy atom. The van der Waals surface area contributed by atoms with Crippen LogP contribution in [0.2, 0.25) is 10.6 Å². The van der Waals surface area contributed by atoms with Crippen molar-refractivity contribution in [1.82, 2.24) is 15.0 Å². The molecule has 0 fully saturated rings. The first-order valence-corrected chi connectivity index (χ1v) is 5.30. The van der Waals surface area contributed by atoms with Gasteiger partial charge in [0.2, 0.25) is 10.6 Å². The highest BCUT2D eigenvalue weighted by Gasteiger charge is 1.99. The zero-order valence-electron chi connectivity index (χ0n) is 8.14. The van der Waals surface area contributed by atoms with E-state index in [4.69, 9.17) is 23.2 Å². The van der Waals surface area contributed by atoms with Gasteiger partial charge < -0.3 is 0 Å². The summed E-state index contributed by atoms with van der Waals surface area (Å²) in [5.74, 6) is 0.439. The minimum Gasteiger partial charge on any atom is -0.198 e. The molecular weight excluding hydrogens is 245 g/mol. The fourth-order valence-electron chi connectivity index (χ4n) is 1.15. The van der Waals surface area contributed by atoms with E-state index in [1.807, 2.05) is 36.4 Å². The fourth-order valence-corrected chi connectivity index (χ4v) is 1.53. The van der Waals surface area contributed by atoms with Crippen molar-refractivity contribution < 1.29 is 0 Å². The SMILES string of the molecule is Clc1nc(Cl)nc(C=Cc2ccccc2)n1. The first-order valence-electron chi connectivity index (χ1n) is 4.54. The summed E-state index contributed by atoms with van der Waals surface area (Å²) in [6, 6.07) is 9.80. The van der Waals surface area contributed by atoms with E-state index in [2.05, 4.69) is 15.0 Å². The van der Waals surface area contributed by atoms with Crippen molar-refractivity contribution in [3.05, 3.63) is 52.3 Å². The number of aromatic nitrogens is 3. The van der Waals surface area contributed by atoms with Crippen molar-refractivity contribution in [2.24, 2.45) is 0 Å². The van der Waals surface area contributed by atoms with Gasteiger partial charge >= 0.3 is 0 Å². The van der Waals surface area contributed by atoms with Crippen LogP contribution in [0.4, 0.5) is 0 Å². The summed E-state index contributed by atoms with van der Waals surface area (Å²) in [7, 11) is 0. The maximum absolute atomic E-state index is 5.65. The minimum absolute atomic E-state index is 0.0905. The van der Waals surface area contributed by atoms with E-state index in [1.165, 1.54) is 0 Å². The van der Waals surface area contributed by atoms with Gasteiger partial charge in [0.25, 0.3) is 0 Å². The molecule has 0 unspecified atom stereocenters. The summed E-state index contributed by atoms with van der Waals surface area (Å²) < 4.78 is 0. The predicted molar refractivity (Wildman–Crippen MR) is 65.2 cm³/mol. The standard InChI is InChI=1S/C11H7Cl2N3/c12-10-14-9(15-11(13)16-10)7-6-8-4-2-1-3-5-8/h1-7H. The summed E-state index contributed by atoms with van der Waals surface area (Å²) >= 11 is 11.3. The average molecular weight is 252 g/mol. The Hall–Kier alpha value is -1.45. The third-order valence-electron chi connectivity index (χ3n) is 1.82. The third kappa shape index (κ3) is 3.02. The highest BCUT2D eigenvalue weighted by atomic mass is 35.5. The van der Waals surface area contributed by atoms with Gasteiger partial charge in [0.1, 0.15) is 0 Å². The Labute approximate surface area is 103 Å². The minimum atomic E-state index is 0.0905. The van der Waals surface area contributed by atoms with Crippen LogP contribution >= 0.6 is 23.2 Å². The molecule has 3 nitrogen and oxygen atoms in total. The molecule has 1 aromatic carbocycles. The molecule has 0 N–H and O–H groups in total. The molecule has 5 heteroatoms. The van der Waals surface area contributed by atoms with Crippen molar-refractivity contribution in [2.75, 3.05) is 0 Å². The van der Waals surface area contributed by atoms with Gasteiger partial charge in [-0.3, -0.25) is 0 Å². The summed E-state index contributed by atoms with van der Waals surface area (Å²) in [5.41, 5.74) is 1.05. The van der Waals surface area contributed by atoms with Crippen LogP contribution < -0.4 is 0 Å². The van der Waals surface area contributed by atoms with Crippen LogP contribution in [0.25, 0.3) is 12.2 Å². The molecule has 0 saturated carbocycles. The number of benzene rings is 1. The second kappa shape index (κ2) is 5.05. The Bertz CT molecular complexity index is 492. The van der Waals surface area contributed by atoms with Crippen LogP contribution in [-0.4, -0.2) is 15.0 Å². The van der Waals surface area contributed by atoms with Crippen LogP contribution in [0.5, 0.6) is 0 Å². The molecule has 0 aliphatic carbocycles. The molecule has 2 aromatic rings. The van der Waals surface area contributed by atoms with E-state index < -0.39 is 0 Å². The monoisotopic (exact) mass is 251 g/mol. The van der Waals surface area contributed by atoms with Crippen molar-refractivity contribution in [1.29, 1.82) is 0 Å². The maximum atomic E-state index is 5.65. The summed E-state index contributed by atoms with van der Waals surface area (Å²) in [6.07, 6.45) is 3.61. The third-order valence-corrected chi connectivity index (χ3v) is 2.16. The number of halogens is 2. The van der Waals surface area contributed by atoms with Crippen LogP contribution in [-0.2, 0) is 0 Å². The number of rotatable bonds is 2. The van der Waals surface area contributed by atoms with Gasteiger partial charge in [0, 0.05) is 0 Å². The predicted octanol–water partition coefficient (Wildman–Crippen LogP) is 3.35. The summed E-state index contributed by atoms with van der Waals surface area (Å²) in [5, 5.41) is 0.181. The highest BCUT2D eigenvalue weighted by Crippen LogP contribution is 2.09. The Balaban J connectivity index is 2.24. The van der Waals surface area contributed by atoms with E-state index in [-0.39, 0.29) is 10.6 Å². The number of hydrogen-bond acceptors (Lipinski definition) is 3. The lowest BCUT2D eigenvalue weighted by atomic mass is 10.2. The molecule has 1 aromatic heterocycles. The van der Waals surface area contributed by atoms with Gasteiger partial charge in [-0.25, -0.2) is 0 Å². The van der Waals surface area contributed by atoms with Crippen LogP contribution in [0.1, 0.15) is 11.4 Å². The molecule has 80 valence electrons. The molecule has 2 rings (SSSR count). The van der Waals surface area contributed by atoms with Crippen molar-refractivity contribution in [3.63, 3.8) is 0 Å². The molecule has 0 amide bonds. The fraction of sp³-hybridized carbons (Fsp3) is 0. The quantitative estimate of drug-likeness (QED) is 0.822. The van der Waals surface area contributed by atoms with Gasteiger partial charge in [-0.1, -0.05) is 36.4 Å². The summed E-state index contributed by atoms with van der Waals surface area (Å²) in [4.78, 5) is 11.5. The molecule has 0 atom stereocenters. The molecule has 0 radical (unpaired) electrons. The molecule has 0 aliphatic rings. The van der Waals surface area contributed by atoms with E-state index in [1.54, 1.807) is 6.08 Å². The lowest BCUT2D eigenvalue weighted by molar-refractivity contribution is 1.03. The van der Waals surface area contributed by atoms with E-state index >= 15 is 0 Å². The normalized spacial score (nSPS) is 10.9.